The summed E-state index contributed by atoms with van der Waals surface area (Å²) < 4.78 is 0. The van der Waals surface area contributed by atoms with Crippen molar-refractivity contribution in [3.8, 4) is 0 Å². The van der Waals surface area contributed by atoms with Gasteiger partial charge in [-0.15, -0.1) is 0 Å². The fraction of sp³-hybridized carbons (Fsp3) is 0.889. The summed E-state index contributed by atoms with van der Waals surface area (Å²) in [5.41, 5.74) is 0. The van der Waals surface area contributed by atoms with Gasteiger partial charge in [-0.1, -0.05) is 66.0 Å². The van der Waals surface area contributed by atoms with Crippen LogP contribution in [0.25, 0.3) is 0 Å². The third-order valence-electron chi connectivity index (χ3n) is 4.72. The molecule has 0 saturated carbocycles. The molecule has 0 heteroatoms. The Bertz CT molecular complexity index is 236. The summed E-state index contributed by atoms with van der Waals surface area (Å²) in [5, 5.41) is 0. The lowest BCUT2D eigenvalue weighted by atomic mass is 9.70. The van der Waals surface area contributed by atoms with Crippen LogP contribution in [0.3, 0.4) is 0 Å². The zero-order valence-corrected chi connectivity index (χ0v) is 13.3. The van der Waals surface area contributed by atoms with E-state index in [0.29, 0.717) is 0 Å². The van der Waals surface area contributed by atoms with Gasteiger partial charge in [0.15, 0.2) is 0 Å². The summed E-state index contributed by atoms with van der Waals surface area (Å²) in [4.78, 5) is 0. The summed E-state index contributed by atoms with van der Waals surface area (Å²) in [6.07, 6.45) is 13.1. The van der Waals surface area contributed by atoms with E-state index in [2.05, 4.69) is 46.8 Å². The summed E-state index contributed by atoms with van der Waals surface area (Å²) in [5.74, 6) is 4.49. The smallest absolute Gasteiger partial charge is 0.0319 e. The minimum Gasteiger partial charge on any atom is -0.0885 e. The van der Waals surface area contributed by atoms with Gasteiger partial charge in [0.2, 0.25) is 0 Å². The highest BCUT2D eigenvalue weighted by molar-refractivity contribution is 4.93. The number of rotatable bonds is 7. The second-order valence-electron chi connectivity index (χ2n) is 7.17. The van der Waals surface area contributed by atoms with Crippen molar-refractivity contribution in [1.82, 2.24) is 0 Å². The zero-order valence-electron chi connectivity index (χ0n) is 13.3. The molecule has 1 aliphatic rings. The second-order valence-corrected chi connectivity index (χ2v) is 7.17. The molecule has 0 bridgehead atoms. The molecule has 0 nitrogen and oxygen atoms in total. The lowest BCUT2D eigenvalue weighted by molar-refractivity contribution is 0.153. The van der Waals surface area contributed by atoms with Crippen LogP contribution in [0.1, 0.15) is 73.1 Å². The molecular formula is C18H34. The molecule has 1 rings (SSSR count). The van der Waals surface area contributed by atoms with Crippen LogP contribution in [0, 0.1) is 29.6 Å². The van der Waals surface area contributed by atoms with Crippen molar-refractivity contribution >= 4 is 0 Å². The molecule has 1 aliphatic carbocycles. The molecule has 3 atom stereocenters. The SMILES string of the molecule is CC(C)CCCC(C)C(C(C)C)C1CC=CCC1. The molecular weight excluding hydrogens is 216 g/mol. The predicted octanol–water partition coefficient (Wildman–Crippen LogP) is 6.08. The van der Waals surface area contributed by atoms with Crippen LogP contribution in [0.4, 0.5) is 0 Å². The molecule has 18 heavy (non-hydrogen) atoms. The van der Waals surface area contributed by atoms with E-state index in [1.54, 1.807) is 0 Å². The molecule has 0 aromatic rings. The first kappa shape index (κ1) is 15.8. The minimum absolute atomic E-state index is 0.843. The first-order valence-corrected chi connectivity index (χ1v) is 8.17. The van der Waals surface area contributed by atoms with Gasteiger partial charge in [-0.3, -0.25) is 0 Å². The molecule has 0 heterocycles. The standard InChI is InChI=1S/C18H34/c1-14(2)10-9-11-16(5)18(15(3)4)17-12-7-6-8-13-17/h6-7,14-18H,8-13H2,1-5H3. The van der Waals surface area contributed by atoms with Gasteiger partial charge in [-0.2, -0.15) is 0 Å². The molecule has 0 aromatic heterocycles. The van der Waals surface area contributed by atoms with Crippen LogP contribution in [0.15, 0.2) is 12.2 Å². The van der Waals surface area contributed by atoms with Crippen LogP contribution >= 0.6 is 0 Å². The molecule has 106 valence electrons. The van der Waals surface area contributed by atoms with Gasteiger partial charge >= 0.3 is 0 Å². The minimum atomic E-state index is 0.843. The van der Waals surface area contributed by atoms with Crippen LogP contribution in [-0.2, 0) is 0 Å². The molecule has 0 spiro atoms. The fourth-order valence-electron chi connectivity index (χ4n) is 3.87. The van der Waals surface area contributed by atoms with E-state index in [9.17, 15) is 0 Å². The second kappa shape index (κ2) is 8.02. The monoisotopic (exact) mass is 250 g/mol. The molecule has 0 amide bonds. The Morgan fingerprint density at radius 3 is 2.22 bits per heavy atom. The van der Waals surface area contributed by atoms with E-state index in [1.165, 1.54) is 38.5 Å². The summed E-state index contributed by atoms with van der Waals surface area (Å²) in [6, 6.07) is 0. The highest BCUT2D eigenvalue weighted by Gasteiger charge is 2.28. The Hall–Kier alpha value is -0.260. The Morgan fingerprint density at radius 2 is 1.72 bits per heavy atom. The van der Waals surface area contributed by atoms with Crippen molar-refractivity contribution in [2.24, 2.45) is 29.6 Å². The predicted molar refractivity (Wildman–Crippen MR) is 82.7 cm³/mol. The molecule has 3 unspecified atom stereocenters. The number of allylic oxidation sites excluding steroid dienone is 2. The maximum absolute atomic E-state index is 2.50. The van der Waals surface area contributed by atoms with E-state index in [-0.39, 0.29) is 0 Å². The van der Waals surface area contributed by atoms with Crippen molar-refractivity contribution in [2.75, 3.05) is 0 Å². The Balaban J connectivity index is 2.47. The summed E-state index contributed by atoms with van der Waals surface area (Å²) in [7, 11) is 0. The molecule has 0 aromatic carbocycles. The Morgan fingerprint density at radius 1 is 1.00 bits per heavy atom. The van der Waals surface area contributed by atoms with Gasteiger partial charge < -0.3 is 0 Å². The normalized spacial score (nSPS) is 23.6. The lowest BCUT2D eigenvalue weighted by Gasteiger charge is -2.36. The average Bonchev–Trinajstić information content (AvgIpc) is 2.29. The first-order valence-electron chi connectivity index (χ1n) is 8.17. The highest BCUT2D eigenvalue weighted by atomic mass is 14.3. The van der Waals surface area contributed by atoms with Gasteiger partial charge in [0.05, 0.1) is 0 Å². The topological polar surface area (TPSA) is 0 Å². The molecule has 0 N–H and O–H groups in total. The maximum atomic E-state index is 2.50. The highest BCUT2D eigenvalue weighted by Crippen LogP contribution is 2.38. The molecule has 0 aliphatic heterocycles. The van der Waals surface area contributed by atoms with Crippen molar-refractivity contribution in [2.45, 2.75) is 73.1 Å². The number of hydrogen-bond donors (Lipinski definition) is 0. The van der Waals surface area contributed by atoms with Crippen molar-refractivity contribution < 1.29 is 0 Å². The summed E-state index contributed by atoms with van der Waals surface area (Å²) in [6.45, 7) is 12.1. The third kappa shape index (κ3) is 5.16. The molecule has 0 saturated heterocycles. The van der Waals surface area contributed by atoms with E-state index < -0.39 is 0 Å². The van der Waals surface area contributed by atoms with E-state index in [0.717, 1.165) is 29.6 Å². The maximum Gasteiger partial charge on any atom is -0.0319 e. The number of hydrogen-bond acceptors (Lipinski definition) is 0. The fourth-order valence-corrected chi connectivity index (χ4v) is 3.87. The quantitative estimate of drug-likeness (QED) is 0.480. The van der Waals surface area contributed by atoms with E-state index >= 15 is 0 Å². The van der Waals surface area contributed by atoms with Crippen molar-refractivity contribution in [1.29, 1.82) is 0 Å². The van der Waals surface area contributed by atoms with Crippen LogP contribution in [0.5, 0.6) is 0 Å². The Kier molecular flexibility index (Phi) is 7.04. The molecule has 0 radical (unpaired) electrons. The Labute approximate surface area is 115 Å². The lowest BCUT2D eigenvalue weighted by Crippen LogP contribution is -2.27. The van der Waals surface area contributed by atoms with E-state index in [4.69, 9.17) is 0 Å². The summed E-state index contributed by atoms with van der Waals surface area (Å²) >= 11 is 0. The molecule has 0 fully saturated rings. The van der Waals surface area contributed by atoms with Crippen LogP contribution in [0.2, 0.25) is 0 Å². The van der Waals surface area contributed by atoms with Crippen molar-refractivity contribution in [3.05, 3.63) is 12.2 Å². The first-order chi connectivity index (χ1) is 8.52. The van der Waals surface area contributed by atoms with Gasteiger partial charge in [0, 0.05) is 0 Å². The van der Waals surface area contributed by atoms with Crippen LogP contribution in [-0.4, -0.2) is 0 Å². The van der Waals surface area contributed by atoms with E-state index in [1.807, 2.05) is 0 Å². The third-order valence-corrected chi connectivity index (χ3v) is 4.72. The van der Waals surface area contributed by atoms with Crippen LogP contribution < -0.4 is 0 Å². The average molecular weight is 250 g/mol. The van der Waals surface area contributed by atoms with Crippen molar-refractivity contribution in [3.63, 3.8) is 0 Å². The van der Waals surface area contributed by atoms with Gasteiger partial charge in [-0.05, 0) is 48.9 Å². The van der Waals surface area contributed by atoms with Gasteiger partial charge in [0.1, 0.15) is 0 Å². The van der Waals surface area contributed by atoms with Gasteiger partial charge in [0.25, 0.3) is 0 Å². The zero-order chi connectivity index (χ0) is 13.5. The largest absolute Gasteiger partial charge is 0.0885 e. The van der Waals surface area contributed by atoms with Gasteiger partial charge in [-0.25, -0.2) is 0 Å².